The van der Waals surface area contributed by atoms with Crippen LogP contribution >= 0.6 is 11.3 Å². The SMILES string of the molecule is O=C(c1cccc(OCc2cscn2)c1)N1CCCC1c1ccc2c(c1)OCCO2. The van der Waals surface area contributed by atoms with Gasteiger partial charge in [-0.15, -0.1) is 11.3 Å². The molecule has 0 aliphatic carbocycles. The molecule has 5 rings (SSSR count). The minimum absolute atomic E-state index is 0.0199. The molecule has 0 spiro atoms. The van der Waals surface area contributed by atoms with Crippen LogP contribution < -0.4 is 14.2 Å². The second kappa shape index (κ2) is 8.36. The first-order valence-electron chi connectivity index (χ1n) is 10.1. The van der Waals surface area contributed by atoms with Crippen LogP contribution in [0.5, 0.6) is 17.2 Å². The third-order valence-corrected chi connectivity index (χ3v) is 6.05. The Morgan fingerprint density at radius 3 is 2.93 bits per heavy atom. The summed E-state index contributed by atoms with van der Waals surface area (Å²) in [5.41, 5.74) is 4.38. The summed E-state index contributed by atoms with van der Waals surface area (Å²) < 4.78 is 17.2. The molecule has 30 heavy (non-hydrogen) atoms. The number of rotatable bonds is 5. The zero-order chi connectivity index (χ0) is 20.3. The molecule has 6 nitrogen and oxygen atoms in total. The summed E-state index contributed by atoms with van der Waals surface area (Å²) in [7, 11) is 0. The number of likely N-dealkylation sites (tertiary alicyclic amines) is 1. The van der Waals surface area contributed by atoms with Crippen LogP contribution in [0.3, 0.4) is 0 Å². The van der Waals surface area contributed by atoms with Crippen LogP contribution in [-0.4, -0.2) is 35.5 Å². The Kier molecular flexibility index (Phi) is 5.27. The third-order valence-electron chi connectivity index (χ3n) is 5.42. The first kappa shape index (κ1) is 18.9. The molecular formula is C23H22N2O4S. The van der Waals surface area contributed by atoms with Gasteiger partial charge in [0.25, 0.3) is 5.91 Å². The number of hydrogen-bond acceptors (Lipinski definition) is 6. The number of hydrogen-bond donors (Lipinski definition) is 0. The number of nitrogens with zero attached hydrogens (tertiary/aromatic N) is 2. The van der Waals surface area contributed by atoms with E-state index in [1.165, 1.54) is 11.3 Å². The van der Waals surface area contributed by atoms with Crippen molar-refractivity contribution in [3.05, 3.63) is 70.2 Å². The van der Waals surface area contributed by atoms with E-state index in [0.717, 1.165) is 42.1 Å². The minimum atomic E-state index is 0.0199. The molecule has 3 aromatic rings. The fourth-order valence-electron chi connectivity index (χ4n) is 3.97. The van der Waals surface area contributed by atoms with Crippen molar-refractivity contribution >= 4 is 17.2 Å². The molecule has 0 saturated carbocycles. The van der Waals surface area contributed by atoms with Crippen LogP contribution in [-0.2, 0) is 6.61 Å². The van der Waals surface area contributed by atoms with Gasteiger partial charge in [-0.1, -0.05) is 12.1 Å². The van der Waals surface area contributed by atoms with Crippen molar-refractivity contribution in [3.8, 4) is 17.2 Å². The van der Waals surface area contributed by atoms with E-state index >= 15 is 0 Å². The van der Waals surface area contributed by atoms with Gasteiger partial charge < -0.3 is 19.1 Å². The van der Waals surface area contributed by atoms with Crippen LogP contribution in [0.15, 0.2) is 53.4 Å². The van der Waals surface area contributed by atoms with Gasteiger partial charge in [0.2, 0.25) is 0 Å². The Bertz CT molecular complexity index is 1040. The van der Waals surface area contributed by atoms with Crippen LogP contribution in [0.1, 0.15) is 40.5 Å². The standard InChI is InChI=1S/C23H22N2O4S/c26-23(17-3-1-4-19(11-17)29-13-18-14-30-15-24-18)25-8-2-5-20(25)16-6-7-21-22(12-16)28-10-9-27-21/h1,3-4,6-7,11-12,14-15,20H,2,5,8-10,13H2. The number of carbonyl (C=O) groups excluding carboxylic acids is 1. The van der Waals surface area contributed by atoms with E-state index < -0.39 is 0 Å². The summed E-state index contributed by atoms with van der Waals surface area (Å²) in [5.74, 6) is 2.22. The monoisotopic (exact) mass is 422 g/mol. The van der Waals surface area contributed by atoms with Gasteiger partial charge in [0, 0.05) is 17.5 Å². The maximum Gasteiger partial charge on any atom is 0.254 e. The van der Waals surface area contributed by atoms with Gasteiger partial charge in [0.1, 0.15) is 25.6 Å². The van der Waals surface area contributed by atoms with Gasteiger partial charge in [-0.05, 0) is 48.7 Å². The third kappa shape index (κ3) is 3.85. The second-order valence-electron chi connectivity index (χ2n) is 7.36. The number of amides is 1. The molecule has 2 aliphatic heterocycles. The Morgan fingerprint density at radius 1 is 1.17 bits per heavy atom. The Labute approximate surface area is 179 Å². The largest absolute Gasteiger partial charge is 0.487 e. The topological polar surface area (TPSA) is 60.9 Å². The fourth-order valence-corrected chi connectivity index (χ4v) is 4.52. The van der Waals surface area contributed by atoms with Gasteiger partial charge in [0.05, 0.1) is 17.2 Å². The zero-order valence-electron chi connectivity index (χ0n) is 16.5. The number of ether oxygens (including phenoxy) is 3. The van der Waals surface area contributed by atoms with Crippen LogP contribution in [0.4, 0.5) is 0 Å². The quantitative estimate of drug-likeness (QED) is 0.607. The van der Waals surface area contributed by atoms with Crippen molar-refractivity contribution in [1.29, 1.82) is 0 Å². The molecule has 0 N–H and O–H groups in total. The molecule has 1 fully saturated rings. The molecular weight excluding hydrogens is 400 g/mol. The van der Waals surface area contributed by atoms with Crippen molar-refractivity contribution in [1.82, 2.24) is 9.88 Å². The summed E-state index contributed by atoms with van der Waals surface area (Å²) in [4.78, 5) is 19.5. The predicted molar refractivity (Wildman–Crippen MR) is 113 cm³/mol. The van der Waals surface area contributed by atoms with Gasteiger partial charge in [-0.3, -0.25) is 4.79 Å². The van der Waals surface area contributed by atoms with Gasteiger partial charge in [0.15, 0.2) is 11.5 Å². The highest BCUT2D eigenvalue weighted by molar-refractivity contribution is 7.07. The second-order valence-corrected chi connectivity index (χ2v) is 8.07. The van der Waals surface area contributed by atoms with Crippen LogP contribution in [0, 0.1) is 0 Å². The molecule has 1 amide bonds. The maximum absolute atomic E-state index is 13.3. The molecule has 7 heteroatoms. The molecule has 3 heterocycles. The van der Waals surface area contributed by atoms with Gasteiger partial charge in [-0.2, -0.15) is 0 Å². The lowest BCUT2D eigenvalue weighted by Gasteiger charge is -2.27. The van der Waals surface area contributed by atoms with Crippen molar-refractivity contribution in [3.63, 3.8) is 0 Å². The van der Waals surface area contributed by atoms with Crippen molar-refractivity contribution in [2.24, 2.45) is 0 Å². The molecule has 0 radical (unpaired) electrons. The van der Waals surface area contributed by atoms with E-state index in [1.54, 1.807) is 5.51 Å². The first-order valence-corrected chi connectivity index (χ1v) is 11.0. The summed E-state index contributed by atoms with van der Waals surface area (Å²) in [6.45, 7) is 2.26. The van der Waals surface area contributed by atoms with Crippen molar-refractivity contribution in [2.75, 3.05) is 19.8 Å². The summed E-state index contributed by atoms with van der Waals surface area (Å²) >= 11 is 1.54. The number of carbonyl (C=O) groups is 1. The maximum atomic E-state index is 13.3. The highest BCUT2D eigenvalue weighted by atomic mass is 32.1. The van der Waals surface area contributed by atoms with E-state index in [2.05, 4.69) is 4.98 Å². The van der Waals surface area contributed by atoms with Crippen LogP contribution in [0.2, 0.25) is 0 Å². The number of fused-ring (bicyclic) bond motifs is 1. The van der Waals surface area contributed by atoms with Gasteiger partial charge in [-0.25, -0.2) is 4.98 Å². The molecule has 154 valence electrons. The molecule has 1 atom stereocenters. The average molecular weight is 423 g/mol. The van der Waals surface area contributed by atoms with E-state index in [9.17, 15) is 4.79 Å². The highest BCUT2D eigenvalue weighted by Crippen LogP contribution is 2.38. The van der Waals surface area contributed by atoms with Crippen molar-refractivity contribution < 1.29 is 19.0 Å². The summed E-state index contributed by atoms with van der Waals surface area (Å²) in [6.07, 6.45) is 1.91. The Hall–Kier alpha value is -3.06. The summed E-state index contributed by atoms with van der Waals surface area (Å²) in [6, 6.07) is 13.4. The number of benzene rings is 2. The molecule has 1 aromatic heterocycles. The van der Waals surface area contributed by atoms with Crippen molar-refractivity contribution in [2.45, 2.75) is 25.5 Å². The Morgan fingerprint density at radius 2 is 2.07 bits per heavy atom. The molecule has 0 bridgehead atoms. The summed E-state index contributed by atoms with van der Waals surface area (Å²) in [5, 5.41) is 1.96. The Balaban J connectivity index is 1.33. The lowest BCUT2D eigenvalue weighted by molar-refractivity contribution is 0.0734. The normalized spacial score (nSPS) is 17.7. The zero-order valence-corrected chi connectivity index (χ0v) is 17.3. The average Bonchev–Trinajstić information content (AvgIpc) is 3.49. The minimum Gasteiger partial charge on any atom is -0.487 e. The lowest BCUT2D eigenvalue weighted by atomic mass is 10.0. The van der Waals surface area contributed by atoms with E-state index in [-0.39, 0.29) is 11.9 Å². The highest BCUT2D eigenvalue weighted by Gasteiger charge is 2.31. The van der Waals surface area contributed by atoms with Crippen LogP contribution in [0.25, 0.3) is 0 Å². The molecule has 2 aromatic carbocycles. The molecule has 1 saturated heterocycles. The predicted octanol–water partition coefficient (Wildman–Crippen LogP) is 4.47. The van der Waals surface area contributed by atoms with E-state index in [1.807, 2.05) is 52.7 Å². The smallest absolute Gasteiger partial charge is 0.254 e. The number of aromatic nitrogens is 1. The van der Waals surface area contributed by atoms with Gasteiger partial charge >= 0.3 is 0 Å². The lowest BCUT2D eigenvalue weighted by Crippen LogP contribution is -2.30. The molecule has 2 aliphatic rings. The fraction of sp³-hybridized carbons (Fsp3) is 0.304. The number of thiazole rings is 1. The molecule has 1 unspecified atom stereocenters. The first-order chi connectivity index (χ1) is 14.8. The van der Waals surface area contributed by atoms with E-state index in [0.29, 0.717) is 31.1 Å². The van der Waals surface area contributed by atoms with E-state index in [4.69, 9.17) is 14.2 Å².